The van der Waals surface area contributed by atoms with Gasteiger partial charge >= 0.3 is 0 Å². The molecule has 0 radical (unpaired) electrons. The molecule has 1 amide bonds. The monoisotopic (exact) mass is 341 g/mol. The lowest BCUT2D eigenvalue weighted by atomic mass is 10.1. The molecule has 0 aliphatic heterocycles. The number of carbonyl (C=O) groups is 1. The summed E-state index contributed by atoms with van der Waals surface area (Å²) < 4.78 is 51.3. The summed E-state index contributed by atoms with van der Waals surface area (Å²) in [4.78, 5) is 12.7. The van der Waals surface area contributed by atoms with E-state index in [4.69, 9.17) is 0 Å². The van der Waals surface area contributed by atoms with Gasteiger partial charge in [0, 0.05) is 17.4 Å². The zero-order valence-corrected chi connectivity index (χ0v) is 11.5. The fourth-order valence-electron chi connectivity index (χ4n) is 1.55. The van der Waals surface area contributed by atoms with Crippen molar-refractivity contribution >= 4 is 21.8 Å². The highest BCUT2D eigenvalue weighted by atomic mass is 79.9. The third-order valence-electron chi connectivity index (χ3n) is 2.46. The third-order valence-corrected chi connectivity index (χ3v) is 2.81. The number of alkyl halides is 3. The zero-order valence-electron chi connectivity index (χ0n) is 9.88. The minimum Gasteiger partial charge on any atom is -0.336 e. The molecule has 0 unspecified atom stereocenters. The first kappa shape index (κ1) is 15.9. The number of benzene rings is 1. The lowest BCUT2D eigenvalue weighted by Crippen LogP contribution is -2.37. The number of carbonyl (C=O) groups excluding carboxylic acids is 1. The molecule has 0 saturated heterocycles. The normalized spacial score (nSPS) is 10.8. The minimum absolute atomic E-state index is 0.0548. The number of nitrogens with zero attached hydrogens (tertiary/aromatic N) is 1. The second-order valence-corrected chi connectivity index (χ2v) is 4.59. The molecule has 106 valence electrons. The molecule has 7 heteroatoms. The molecule has 0 aliphatic carbocycles. The summed E-state index contributed by atoms with van der Waals surface area (Å²) >= 11 is 3.04. The maximum Gasteiger partial charge on any atom is 0.255 e. The molecule has 2 nitrogen and oxygen atoms in total. The van der Waals surface area contributed by atoms with Crippen LogP contribution in [0.5, 0.6) is 0 Å². The van der Waals surface area contributed by atoms with Crippen LogP contribution < -0.4 is 0 Å². The van der Waals surface area contributed by atoms with Crippen LogP contribution in [0.25, 0.3) is 0 Å². The second kappa shape index (κ2) is 7.47. The molecule has 0 bridgehead atoms. The topological polar surface area (TPSA) is 20.3 Å². The molecule has 0 fully saturated rings. The van der Waals surface area contributed by atoms with Crippen LogP contribution in [0.15, 0.2) is 18.2 Å². The lowest BCUT2D eigenvalue weighted by Gasteiger charge is -2.21. The highest BCUT2D eigenvalue weighted by molar-refractivity contribution is 9.09. The van der Waals surface area contributed by atoms with Crippen LogP contribution in [0.3, 0.4) is 0 Å². The fourth-order valence-corrected chi connectivity index (χ4v) is 1.98. The Labute approximate surface area is 116 Å². The quantitative estimate of drug-likeness (QED) is 0.575. The van der Waals surface area contributed by atoms with E-state index in [9.17, 15) is 22.4 Å². The van der Waals surface area contributed by atoms with Crippen LogP contribution in [0.2, 0.25) is 0 Å². The Morgan fingerprint density at radius 2 is 1.84 bits per heavy atom. The maximum atomic E-state index is 13.4. The Bertz CT molecular complexity index is 421. The van der Waals surface area contributed by atoms with E-state index in [-0.39, 0.29) is 6.54 Å². The summed E-state index contributed by atoms with van der Waals surface area (Å²) in [5, 5.41) is 0.311. The standard InChI is InChI=1S/C12H12BrF4NO/c13-4-5-18(7-11(16)17)12(19)6-8-9(14)2-1-3-10(8)15/h1-3,11H,4-7H2. The average molecular weight is 342 g/mol. The molecule has 1 rings (SSSR count). The molecule has 19 heavy (non-hydrogen) atoms. The Morgan fingerprint density at radius 3 is 2.32 bits per heavy atom. The van der Waals surface area contributed by atoms with Crippen molar-refractivity contribution in [3.63, 3.8) is 0 Å². The molecular weight excluding hydrogens is 330 g/mol. The summed E-state index contributed by atoms with van der Waals surface area (Å²) in [7, 11) is 0. The number of hydrogen-bond acceptors (Lipinski definition) is 1. The van der Waals surface area contributed by atoms with Gasteiger partial charge in [-0.25, -0.2) is 17.6 Å². The summed E-state index contributed by atoms with van der Waals surface area (Å²) in [5.41, 5.74) is -0.402. The Kier molecular flexibility index (Phi) is 6.27. The third kappa shape index (κ3) is 4.81. The molecule has 0 saturated carbocycles. The van der Waals surface area contributed by atoms with Crippen molar-refractivity contribution in [1.29, 1.82) is 0 Å². The summed E-state index contributed by atoms with van der Waals surface area (Å²) in [6.07, 6.45) is -3.26. The van der Waals surface area contributed by atoms with Gasteiger partial charge in [0.2, 0.25) is 5.91 Å². The van der Waals surface area contributed by atoms with Crippen molar-refractivity contribution in [3.8, 4) is 0 Å². The SMILES string of the molecule is O=C(Cc1c(F)cccc1F)N(CCBr)CC(F)F. The Hall–Kier alpha value is -1.11. The molecule has 0 atom stereocenters. The maximum absolute atomic E-state index is 13.4. The van der Waals surface area contributed by atoms with Gasteiger partial charge in [0.25, 0.3) is 6.43 Å². The lowest BCUT2D eigenvalue weighted by molar-refractivity contribution is -0.132. The molecule has 0 spiro atoms. The van der Waals surface area contributed by atoms with Gasteiger partial charge in [0.15, 0.2) is 0 Å². The van der Waals surface area contributed by atoms with Gasteiger partial charge in [-0.3, -0.25) is 4.79 Å². The first-order valence-electron chi connectivity index (χ1n) is 5.50. The molecule has 0 aromatic heterocycles. The number of rotatable bonds is 6. The van der Waals surface area contributed by atoms with E-state index < -0.39 is 42.5 Å². The van der Waals surface area contributed by atoms with Crippen molar-refractivity contribution in [2.24, 2.45) is 0 Å². The van der Waals surface area contributed by atoms with Gasteiger partial charge in [0.1, 0.15) is 11.6 Å². The number of halogens is 5. The Balaban J connectivity index is 2.81. The van der Waals surface area contributed by atoms with E-state index >= 15 is 0 Å². The second-order valence-electron chi connectivity index (χ2n) is 3.80. The molecule has 1 aromatic rings. The van der Waals surface area contributed by atoms with E-state index in [0.29, 0.717) is 5.33 Å². The van der Waals surface area contributed by atoms with Crippen LogP contribution in [0.1, 0.15) is 5.56 Å². The average Bonchev–Trinajstić information content (AvgIpc) is 2.32. The molecule has 0 N–H and O–H groups in total. The largest absolute Gasteiger partial charge is 0.336 e. The van der Waals surface area contributed by atoms with E-state index in [1.807, 2.05) is 0 Å². The number of amides is 1. The van der Waals surface area contributed by atoms with Gasteiger partial charge in [-0.15, -0.1) is 0 Å². The van der Waals surface area contributed by atoms with E-state index in [1.54, 1.807) is 0 Å². The van der Waals surface area contributed by atoms with Gasteiger partial charge in [-0.05, 0) is 12.1 Å². The van der Waals surface area contributed by atoms with Crippen LogP contribution in [0.4, 0.5) is 17.6 Å². The van der Waals surface area contributed by atoms with E-state index in [1.165, 1.54) is 6.07 Å². The van der Waals surface area contributed by atoms with Gasteiger partial charge in [-0.2, -0.15) is 0 Å². The van der Waals surface area contributed by atoms with Crippen LogP contribution in [-0.2, 0) is 11.2 Å². The highest BCUT2D eigenvalue weighted by Crippen LogP contribution is 2.14. The van der Waals surface area contributed by atoms with Crippen LogP contribution in [-0.4, -0.2) is 35.7 Å². The van der Waals surface area contributed by atoms with Gasteiger partial charge in [0.05, 0.1) is 13.0 Å². The predicted octanol–water partition coefficient (Wildman–Crippen LogP) is 3.00. The molecule has 0 aliphatic rings. The van der Waals surface area contributed by atoms with E-state index in [0.717, 1.165) is 17.0 Å². The van der Waals surface area contributed by atoms with Crippen LogP contribution in [0, 0.1) is 11.6 Å². The Morgan fingerprint density at radius 1 is 1.26 bits per heavy atom. The van der Waals surface area contributed by atoms with Gasteiger partial charge < -0.3 is 4.90 Å². The summed E-state index contributed by atoms with van der Waals surface area (Å²) in [5.74, 6) is -2.45. The smallest absolute Gasteiger partial charge is 0.255 e. The van der Waals surface area contributed by atoms with Crippen molar-refractivity contribution < 1.29 is 22.4 Å². The van der Waals surface area contributed by atoms with E-state index in [2.05, 4.69) is 15.9 Å². The minimum atomic E-state index is -2.69. The van der Waals surface area contributed by atoms with Crippen molar-refractivity contribution in [1.82, 2.24) is 4.90 Å². The van der Waals surface area contributed by atoms with Crippen molar-refractivity contribution in [3.05, 3.63) is 35.4 Å². The fraction of sp³-hybridized carbons (Fsp3) is 0.417. The van der Waals surface area contributed by atoms with Gasteiger partial charge in [-0.1, -0.05) is 22.0 Å². The number of hydrogen-bond donors (Lipinski definition) is 0. The molecule has 0 heterocycles. The molecular formula is C12H12BrF4NO. The summed E-state index contributed by atoms with van der Waals surface area (Å²) in [6, 6.07) is 3.22. The van der Waals surface area contributed by atoms with Crippen molar-refractivity contribution in [2.45, 2.75) is 12.8 Å². The first-order chi connectivity index (χ1) is 8.95. The van der Waals surface area contributed by atoms with Crippen LogP contribution >= 0.6 is 15.9 Å². The highest BCUT2D eigenvalue weighted by Gasteiger charge is 2.20. The van der Waals surface area contributed by atoms with Crippen molar-refractivity contribution in [2.75, 3.05) is 18.4 Å². The first-order valence-corrected chi connectivity index (χ1v) is 6.62. The summed E-state index contributed by atoms with van der Waals surface area (Å²) in [6.45, 7) is -0.695. The predicted molar refractivity (Wildman–Crippen MR) is 66.4 cm³/mol. The molecule has 1 aromatic carbocycles. The zero-order chi connectivity index (χ0) is 14.4.